The van der Waals surface area contributed by atoms with E-state index in [4.69, 9.17) is 0 Å². The Balaban J connectivity index is 1.29. The minimum absolute atomic E-state index is 0.0258. The Morgan fingerprint density at radius 3 is 2.16 bits per heavy atom. The summed E-state index contributed by atoms with van der Waals surface area (Å²) in [5.41, 5.74) is 3.59. The third kappa shape index (κ3) is 5.76. The van der Waals surface area contributed by atoms with Crippen LogP contribution in [0.5, 0.6) is 0 Å². The maximum atomic E-state index is 13.2. The molecular formula is C27H29N3O2. The molecule has 0 aliphatic carbocycles. The number of carbonyl (C=O) groups excluding carboxylic acids is 2. The fourth-order valence-corrected chi connectivity index (χ4v) is 4.06. The van der Waals surface area contributed by atoms with Crippen LogP contribution in [0.15, 0.2) is 84.9 Å². The molecule has 1 aliphatic heterocycles. The molecule has 2 N–H and O–H groups in total. The number of nitrogens with zero attached hydrogens (tertiary/aromatic N) is 1. The summed E-state index contributed by atoms with van der Waals surface area (Å²) in [6.45, 7) is 1.28. The minimum atomic E-state index is 0.0258. The Labute approximate surface area is 189 Å². The SMILES string of the molecule is O=C(CCc1ccccc1)NC1CCN(C(=O)c2ccccc2Nc2ccccc2)CC1. The normalized spacial score (nSPS) is 14.1. The molecule has 0 unspecified atom stereocenters. The molecule has 1 fully saturated rings. The average molecular weight is 428 g/mol. The molecule has 4 rings (SSSR count). The fourth-order valence-electron chi connectivity index (χ4n) is 4.06. The summed E-state index contributed by atoms with van der Waals surface area (Å²) in [4.78, 5) is 27.4. The summed E-state index contributed by atoms with van der Waals surface area (Å²) in [5, 5.41) is 6.49. The highest BCUT2D eigenvalue weighted by Gasteiger charge is 2.25. The van der Waals surface area contributed by atoms with Crippen LogP contribution in [0.25, 0.3) is 0 Å². The van der Waals surface area contributed by atoms with Crippen molar-refractivity contribution in [3.05, 3.63) is 96.1 Å². The van der Waals surface area contributed by atoms with Crippen molar-refractivity contribution in [3.8, 4) is 0 Å². The molecule has 1 saturated heterocycles. The lowest BCUT2D eigenvalue weighted by Crippen LogP contribution is -2.46. The number of nitrogens with one attached hydrogen (secondary N) is 2. The van der Waals surface area contributed by atoms with Gasteiger partial charge in [-0.15, -0.1) is 0 Å². The third-order valence-electron chi connectivity index (χ3n) is 5.84. The molecule has 1 aliphatic rings. The molecule has 3 aromatic rings. The molecule has 5 heteroatoms. The van der Waals surface area contributed by atoms with Crippen molar-refractivity contribution < 1.29 is 9.59 Å². The number of piperidine rings is 1. The van der Waals surface area contributed by atoms with Crippen molar-refractivity contribution in [2.45, 2.75) is 31.7 Å². The molecule has 2 amide bonds. The summed E-state index contributed by atoms with van der Waals surface area (Å²) >= 11 is 0. The lowest BCUT2D eigenvalue weighted by molar-refractivity contribution is -0.122. The molecule has 0 bridgehead atoms. The number of aryl methyl sites for hydroxylation is 1. The van der Waals surface area contributed by atoms with Gasteiger partial charge in [-0.2, -0.15) is 0 Å². The number of hydrogen-bond donors (Lipinski definition) is 2. The van der Waals surface area contributed by atoms with Crippen molar-refractivity contribution in [2.75, 3.05) is 18.4 Å². The third-order valence-corrected chi connectivity index (χ3v) is 5.84. The van der Waals surface area contributed by atoms with E-state index in [-0.39, 0.29) is 17.9 Å². The molecule has 0 atom stereocenters. The van der Waals surface area contributed by atoms with Crippen LogP contribution in [0.4, 0.5) is 11.4 Å². The van der Waals surface area contributed by atoms with E-state index in [2.05, 4.69) is 10.6 Å². The zero-order valence-corrected chi connectivity index (χ0v) is 18.2. The number of amides is 2. The molecule has 0 saturated carbocycles. The quantitative estimate of drug-likeness (QED) is 0.570. The number of benzene rings is 3. The van der Waals surface area contributed by atoms with Gasteiger partial charge in [0.25, 0.3) is 5.91 Å². The van der Waals surface area contributed by atoms with Crippen molar-refractivity contribution in [2.24, 2.45) is 0 Å². The molecule has 32 heavy (non-hydrogen) atoms. The number of carbonyl (C=O) groups is 2. The number of anilines is 2. The second-order valence-electron chi connectivity index (χ2n) is 8.16. The topological polar surface area (TPSA) is 61.4 Å². The number of para-hydroxylation sites is 2. The Morgan fingerprint density at radius 1 is 0.812 bits per heavy atom. The number of rotatable bonds is 7. The Bertz CT molecular complexity index is 1030. The number of likely N-dealkylation sites (tertiary alicyclic amines) is 1. The largest absolute Gasteiger partial charge is 0.355 e. The van der Waals surface area contributed by atoms with Gasteiger partial charge in [0.05, 0.1) is 11.3 Å². The minimum Gasteiger partial charge on any atom is -0.355 e. The van der Waals surface area contributed by atoms with Crippen LogP contribution in [0.1, 0.15) is 35.2 Å². The van der Waals surface area contributed by atoms with Crippen molar-refractivity contribution in [3.63, 3.8) is 0 Å². The molecular weight excluding hydrogens is 398 g/mol. The summed E-state index contributed by atoms with van der Waals surface area (Å²) in [7, 11) is 0. The summed E-state index contributed by atoms with van der Waals surface area (Å²) < 4.78 is 0. The van der Waals surface area contributed by atoms with Gasteiger partial charge in [0.15, 0.2) is 0 Å². The van der Waals surface area contributed by atoms with Crippen LogP contribution in [-0.2, 0) is 11.2 Å². The average Bonchev–Trinajstić information content (AvgIpc) is 2.84. The predicted molar refractivity (Wildman–Crippen MR) is 128 cm³/mol. The molecule has 1 heterocycles. The van der Waals surface area contributed by atoms with Crippen LogP contribution < -0.4 is 10.6 Å². The van der Waals surface area contributed by atoms with Gasteiger partial charge in [-0.1, -0.05) is 60.7 Å². The Morgan fingerprint density at radius 2 is 1.44 bits per heavy atom. The second kappa shape index (κ2) is 10.6. The molecule has 0 aromatic heterocycles. The van der Waals surface area contributed by atoms with E-state index in [1.165, 1.54) is 5.56 Å². The summed E-state index contributed by atoms with van der Waals surface area (Å²) in [5.74, 6) is 0.105. The molecule has 3 aromatic carbocycles. The summed E-state index contributed by atoms with van der Waals surface area (Å²) in [6, 6.07) is 27.7. The van der Waals surface area contributed by atoms with Crippen LogP contribution in [0.3, 0.4) is 0 Å². The van der Waals surface area contributed by atoms with E-state index in [1.54, 1.807) is 0 Å². The fraction of sp³-hybridized carbons (Fsp3) is 0.259. The monoisotopic (exact) mass is 427 g/mol. The van der Waals surface area contributed by atoms with Gasteiger partial charge < -0.3 is 15.5 Å². The van der Waals surface area contributed by atoms with Crippen LogP contribution in [-0.4, -0.2) is 35.8 Å². The zero-order valence-electron chi connectivity index (χ0n) is 18.2. The van der Waals surface area contributed by atoms with Crippen molar-refractivity contribution >= 4 is 23.2 Å². The van der Waals surface area contributed by atoms with E-state index in [1.807, 2.05) is 89.8 Å². The summed E-state index contributed by atoms with van der Waals surface area (Å²) in [6.07, 6.45) is 2.78. The van der Waals surface area contributed by atoms with Gasteiger partial charge in [0, 0.05) is 31.2 Å². The zero-order chi connectivity index (χ0) is 22.2. The number of hydrogen-bond acceptors (Lipinski definition) is 3. The van der Waals surface area contributed by atoms with E-state index in [0.717, 1.165) is 30.6 Å². The first-order valence-corrected chi connectivity index (χ1v) is 11.2. The van der Waals surface area contributed by atoms with Crippen molar-refractivity contribution in [1.29, 1.82) is 0 Å². The Hall–Kier alpha value is -3.60. The first kappa shape index (κ1) is 21.6. The highest BCUT2D eigenvalue weighted by Crippen LogP contribution is 2.23. The second-order valence-corrected chi connectivity index (χ2v) is 8.16. The molecule has 164 valence electrons. The van der Waals surface area contributed by atoms with E-state index < -0.39 is 0 Å². The lowest BCUT2D eigenvalue weighted by Gasteiger charge is -2.33. The van der Waals surface area contributed by atoms with E-state index in [0.29, 0.717) is 25.1 Å². The first-order valence-electron chi connectivity index (χ1n) is 11.2. The van der Waals surface area contributed by atoms with Gasteiger partial charge in [-0.3, -0.25) is 9.59 Å². The standard InChI is InChI=1S/C27H29N3O2/c31-26(16-15-21-9-3-1-4-10-21)29-23-17-19-30(20-18-23)27(32)24-13-7-8-14-25(24)28-22-11-5-2-6-12-22/h1-14,23,28H,15-20H2,(H,29,31). The Kier molecular flexibility index (Phi) is 7.18. The van der Waals surface area contributed by atoms with Gasteiger partial charge in [0.2, 0.25) is 5.91 Å². The maximum Gasteiger partial charge on any atom is 0.255 e. The van der Waals surface area contributed by atoms with Gasteiger partial charge in [-0.25, -0.2) is 0 Å². The highest BCUT2D eigenvalue weighted by molar-refractivity contribution is 6.00. The molecule has 5 nitrogen and oxygen atoms in total. The van der Waals surface area contributed by atoms with Gasteiger partial charge in [0.1, 0.15) is 0 Å². The van der Waals surface area contributed by atoms with Crippen LogP contribution in [0, 0.1) is 0 Å². The van der Waals surface area contributed by atoms with Crippen LogP contribution >= 0.6 is 0 Å². The van der Waals surface area contributed by atoms with Gasteiger partial charge >= 0.3 is 0 Å². The van der Waals surface area contributed by atoms with Crippen molar-refractivity contribution in [1.82, 2.24) is 10.2 Å². The maximum absolute atomic E-state index is 13.2. The van der Waals surface area contributed by atoms with E-state index >= 15 is 0 Å². The first-order chi connectivity index (χ1) is 15.7. The smallest absolute Gasteiger partial charge is 0.255 e. The van der Waals surface area contributed by atoms with Crippen LogP contribution in [0.2, 0.25) is 0 Å². The lowest BCUT2D eigenvalue weighted by atomic mass is 10.0. The molecule has 0 spiro atoms. The predicted octanol–water partition coefficient (Wildman–Crippen LogP) is 4.78. The van der Waals surface area contributed by atoms with E-state index in [9.17, 15) is 9.59 Å². The van der Waals surface area contributed by atoms with Gasteiger partial charge in [-0.05, 0) is 49.1 Å². The highest BCUT2D eigenvalue weighted by atomic mass is 16.2. The molecule has 0 radical (unpaired) electrons.